The molecule has 1 aliphatic heterocycles. The number of hydrogen-bond donors (Lipinski definition) is 3. The lowest BCUT2D eigenvalue weighted by Crippen LogP contribution is -2.27. The highest BCUT2D eigenvalue weighted by Gasteiger charge is 2.25. The maximum absolute atomic E-state index is 12.8. The molecule has 0 atom stereocenters. The average molecular weight is 486 g/mol. The number of amides is 1. The van der Waals surface area contributed by atoms with Crippen molar-refractivity contribution in [2.45, 2.75) is 40.5 Å². The lowest BCUT2D eigenvalue weighted by molar-refractivity contribution is -0.136. The number of fused-ring (bicyclic) bond motifs is 2. The minimum atomic E-state index is -1.01. The fourth-order valence-corrected chi connectivity index (χ4v) is 4.22. The van der Waals surface area contributed by atoms with Gasteiger partial charge in [0.1, 0.15) is 12.4 Å². The molecule has 1 aromatic carbocycles. The Morgan fingerprint density at radius 1 is 1.32 bits per heavy atom. The van der Waals surface area contributed by atoms with E-state index in [9.17, 15) is 14.7 Å². The van der Waals surface area contributed by atoms with Crippen LogP contribution in [0, 0.1) is 12.3 Å². The van der Waals surface area contributed by atoms with Gasteiger partial charge in [0.05, 0.1) is 22.8 Å². The van der Waals surface area contributed by atoms with Crippen LogP contribution in [0.25, 0.3) is 16.9 Å². The van der Waals surface area contributed by atoms with Crippen LogP contribution in [0.4, 0.5) is 5.69 Å². The largest absolute Gasteiger partial charge is 0.490 e. The van der Waals surface area contributed by atoms with E-state index in [2.05, 4.69) is 41.5 Å². The molecule has 0 radical (unpaired) electrons. The minimum absolute atomic E-state index is 0.0880. The number of nitrogens with zero attached hydrogens (tertiary/aromatic N) is 3. The Morgan fingerprint density at radius 3 is 2.79 bits per heavy atom. The second-order valence-corrected chi connectivity index (χ2v) is 9.91. The first-order chi connectivity index (χ1) is 16.0. The van der Waals surface area contributed by atoms with Crippen molar-refractivity contribution < 1.29 is 19.4 Å². The molecule has 0 saturated carbocycles. The molecule has 9 nitrogen and oxygen atoms in total. The lowest BCUT2D eigenvalue weighted by atomic mass is 9.92. The van der Waals surface area contributed by atoms with Crippen molar-refractivity contribution in [1.29, 1.82) is 0 Å². The maximum atomic E-state index is 12.8. The van der Waals surface area contributed by atoms with Gasteiger partial charge in [-0.05, 0) is 30.9 Å². The van der Waals surface area contributed by atoms with Crippen LogP contribution < -0.4 is 15.4 Å². The molecule has 2 aromatic heterocycles. The molecule has 0 fully saturated rings. The van der Waals surface area contributed by atoms with Gasteiger partial charge in [-0.25, -0.2) is 9.50 Å². The van der Waals surface area contributed by atoms with Crippen LogP contribution in [0.3, 0.4) is 0 Å². The molecule has 3 aromatic rings. The summed E-state index contributed by atoms with van der Waals surface area (Å²) in [5, 5.41) is 20.6. The number of nitrogens with one attached hydrogen (secondary N) is 2. The second-order valence-electron chi connectivity index (χ2n) is 9.54. The van der Waals surface area contributed by atoms with Crippen LogP contribution in [0.15, 0.2) is 18.2 Å². The number of carbonyl (C=O) groups is 2. The van der Waals surface area contributed by atoms with Gasteiger partial charge in [0.25, 0.3) is 5.91 Å². The van der Waals surface area contributed by atoms with Crippen LogP contribution in [0.1, 0.15) is 48.9 Å². The van der Waals surface area contributed by atoms with Crippen molar-refractivity contribution in [3.05, 3.63) is 40.2 Å². The van der Waals surface area contributed by atoms with Crippen molar-refractivity contribution in [2.75, 3.05) is 25.0 Å². The van der Waals surface area contributed by atoms with Gasteiger partial charge in [-0.3, -0.25) is 9.59 Å². The van der Waals surface area contributed by atoms with E-state index in [0.717, 1.165) is 6.42 Å². The van der Waals surface area contributed by atoms with Crippen LogP contribution in [0.2, 0.25) is 5.02 Å². The number of halogens is 1. The summed E-state index contributed by atoms with van der Waals surface area (Å²) in [6, 6.07) is 5.16. The first-order valence-corrected chi connectivity index (χ1v) is 11.5. The predicted molar refractivity (Wildman–Crippen MR) is 130 cm³/mol. The first-order valence-electron chi connectivity index (χ1n) is 11.1. The van der Waals surface area contributed by atoms with Gasteiger partial charge < -0.3 is 20.5 Å². The monoisotopic (exact) mass is 485 g/mol. The smallest absolute Gasteiger partial charge is 0.307 e. The number of carbonyl (C=O) groups excluding carboxylic acids is 1. The van der Waals surface area contributed by atoms with Crippen molar-refractivity contribution >= 4 is 34.8 Å². The molecule has 0 saturated heterocycles. The highest BCUT2D eigenvalue weighted by Crippen LogP contribution is 2.42. The number of rotatable bonds is 6. The number of anilines is 1. The number of aromatic nitrogens is 3. The summed E-state index contributed by atoms with van der Waals surface area (Å²) in [7, 11) is 0. The van der Waals surface area contributed by atoms with E-state index in [-0.39, 0.29) is 23.4 Å². The molecule has 10 heteroatoms. The van der Waals surface area contributed by atoms with Crippen LogP contribution in [-0.4, -0.2) is 51.3 Å². The van der Waals surface area contributed by atoms with E-state index in [4.69, 9.17) is 16.3 Å². The Balaban J connectivity index is 1.84. The van der Waals surface area contributed by atoms with E-state index < -0.39 is 5.97 Å². The second kappa shape index (κ2) is 9.13. The molecule has 34 heavy (non-hydrogen) atoms. The van der Waals surface area contributed by atoms with Crippen LogP contribution in [0.5, 0.6) is 5.75 Å². The van der Waals surface area contributed by atoms with Crippen molar-refractivity contribution in [3.8, 4) is 17.0 Å². The molecule has 1 amide bonds. The number of ether oxygens (including phenoxy) is 1. The summed E-state index contributed by atoms with van der Waals surface area (Å²) in [6.07, 6.45) is 0.547. The zero-order valence-electron chi connectivity index (χ0n) is 19.7. The van der Waals surface area contributed by atoms with Gasteiger partial charge >= 0.3 is 5.97 Å². The van der Waals surface area contributed by atoms with E-state index in [1.165, 1.54) is 4.52 Å². The molecule has 0 bridgehead atoms. The first kappa shape index (κ1) is 23.8. The molecule has 0 spiro atoms. The van der Waals surface area contributed by atoms with Crippen molar-refractivity contribution in [2.24, 2.45) is 5.41 Å². The number of hydrogen-bond acceptors (Lipinski definition) is 6. The summed E-state index contributed by atoms with van der Waals surface area (Å²) >= 11 is 6.77. The highest BCUT2D eigenvalue weighted by atomic mass is 35.5. The van der Waals surface area contributed by atoms with Gasteiger partial charge in [0.15, 0.2) is 11.3 Å². The summed E-state index contributed by atoms with van der Waals surface area (Å²) in [6.45, 7) is 9.70. The number of benzene rings is 1. The topological polar surface area (TPSA) is 118 Å². The SMILES string of the molecule is Cc1nc2cc(C(=O)NCCC(C)(C)C)nn2c(-c2ccc3c(c2Cl)NCCO3)c1CC(=O)O. The molecule has 4 rings (SSSR count). The normalized spacial score (nSPS) is 13.2. The number of aliphatic carboxylic acids is 1. The van der Waals surface area contributed by atoms with E-state index in [1.807, 2.05) is 0 Å². The van der Waals surface area contributed by atoms with Crippen LogP contribution in [-0.2, 0) is 11.2 Å². The minimum Gasteiger partial charge on any atom is -0.490 e. The van der Waals surface area contributed by atoms with Gasteiger partial charge in [-0.15, -0.1) is 0 Å². The third-order valence-corrected chi connectivity index (χ3v) is 6.04. The zero-order valence-corrected chi connectivity index (χ0v) is 20.4. The standard InChI is InChI=1S/C24H28ClN5O4/c1-13-15(11-19(31)32)22(14-5-6-17-21(20(14)25)26-9-10-34-17)30-18(28-13)12-16(29-30)23(33)27-8-7-24(2,3)4/h5-6,12,26H,7-11H2,1-4H3,(H,27,33)(H,31,32). The Kier molecular flexibility index (Phi) is 6.40. The molecule has 3 N–H and O–H groups in total. The summed E-state index contributed by atoms with van der Waals surface area (Å²) in [4.78, 5) is 29.0. The van der Waals surface area contributed by atoms with Gasteiger partial charge in [-0.2, -0.15) is 5.10 Å². The number of carboxylic acids is 1. The summed E-state index contributed by atoms with van der Waals surface area (Å²) in [5.41, 5.74) is 3.42. The zero-order chi connectivity index (χ0) is 24.6. The molecular formula is C24H28ClN5O4. The lowest BCUT2D eigenvalue weighted by Gasteiger charge is -2.22. The van der Waals surface area contributed by atoms with Gasteiger partial charge in [0.2, 0.25) is 0 Å². The average Bonchev–Trinajstić information content (AvgIpc) is 3.18. The molecule has 3 heterocycles. The molecule has 1 aliphatic rings. The quantitative estimate of drug-likeness (QED) is 0.483. The molecule has 0 aliphatic carbocycles. The number of aryl methyl sites for hydroxylation is 1. The third kappa shape index (κ3) is 4.79. The van der Waals surface area contributed by atoms with Crippen LogP contribution >= 0.6 is 11.6 Å². The van der Waals surface area contributed by atoms with E-state index >= 15 is 0 Å². The summed E-state index contributed by atoms with van der Waals surface area (Å²) in [5.74, 6) is -0.695. The third-order valence-electron chi connectivity index (χ3n) is 5.65. The van der Waals surface area contributed by atoms with E-state index in [0.29, 0.717) is 64.3 Å². The molecule has 0 unspecified atom stereocenters. The van der Waals surface area contributed by atoms with Gasteiger partial charge in [0, 0.05) is 36.0 Å². The Labute approximate surface area is 202 Å². The fourth-order valence-electron chi connectivity index (χ4n) is 3.91. The fraction of sp³-hybridized carbons (Fsp3) is 0.417. The van der Waals surface area contributed by atoms with Gasteiger partial charge in [-0.1, -0.05) is 32.4 Å². The Morgan fingerprint density at radius 2 is 2.09 bits per heavy atom. The summed E-state index contributed by atoms with van der Waals surface area (Å²) < 4.78 is 7.17. The molecular weight excluding hydrogens is 458 g/mol. The Bertz CT molecular complexity index is 1280. The Hall–Kier alpha value is -3.33. The van der Waals surface area contributed by atoms with Crippen molar-refractivity contribution in [3.63, 3.8) is 0 Å². The predicted octanol–water partition coefficient (Wildman–Crippen LogP) is 3.96. The molecule has 180 valence electrons. The number of carboxylic acid groups (broad SMARTS) is 1. The maximum Gasteiger partial charge on any atom is 0.307 e. The van der Waals surface area contributed by atoms with E-state index in [1.54, 1.807) is 25.1 Å². The highest BCUT2D eigenvalue weighted by molar-refractivity contribution is 6.36. The van der Waals surface area contributed by atoms with Crippen molar-refractivity contribution in [1.82, 2.24) is 19.9 Å².